The molecule has 0 aromatic carbocycles. The Balaban J connectivity index is 3.97. The maximum Gasteiger partial charge on any atom is 0.0193 e. The highest BCUT2D eigenvalue weighted by Crippen LogP contribution is 2.09. The molecule has 92 valence electrons. The molecule has 0 heterocycles. The largest absolute Gasteiger partial charge is 0.326 e. The first-order chi connectivity index (χ1) is 7.04. The lowest BCUT2D eigenvalue weighted by atomic mass is 9.99. The third kappa shape index (κ3) is 6.16. The molecule has 0 aromatic rings. The van der Waals surface area contributed by atoms with Gasteiger partial charge in [-0.1, -0.05) is 47.5 Å². The molecule has 15 heavy (non-hydrogen) atoms. The van der Waals surface area contributed by atoms with Crippen molar-refractivity contribution < 1.29 is 0 Å². The summed E-state index contributed by atoms with van der Waals surface area (Å²) < 4.78 is 0. The highest BCUT2D eigenvalue weighted by Gasteiger charge is 2.15. The Hall–Kier alpha value is -0.0800. The number of hydrogen-bond acceptors (Lipinski definition) is 2. The summed E-state index contributed by atoms with van der Waals surface area (Å²) in [6, 6.07) is 0.332. The predicted octanol–water partition coefficient (Wildman–Crippen LogP) is 2.73. The van der Waals surface area contributed by atoms with Crippen molar-refractivity contribution in [1.29, 1.82) is 0 Å². The fraction of sp³-hybridized carbons (Fsp3) is 1.00. The van der Waals surface area contributed by atoms with Gasteiger partial charge >= 0.3 is 0 Å². The summed E-state index contributed by atoms with van der Waals surface area (Å²) in [4.78, 5) is 2.49. The van der Waals surface area contributed by atoms with Gasteiger partial charge in [-0.05, 0) is 18.4 Å². The van der Waals surface area contributed by atoms with E-state index in [9.17, 15) is 0 Å². The van der Waals surface area contributed by atoms with Gasteiger partial charge in [-0.2, -0.15) is 0 Å². The van der Waals surface area contributed by atoms with E-state index in [0.717, 1.165) is 19.0 Å². The van der Waals surface area contributed by atoms with Crippen molar-refractivity contribution in [2.24, 2.45) is 17.6 Å². The number of nitrogens with two attached hydrogens (primary N) is 1. The van der Waals surface area contributed by atoms with E-state index in [4.69, 9.17) is 5.73 Å². The van der Waals surface area contributed by atoms with Crippen LogP contribution >= 0.6 is 0 Å². The van der Waals surface area contributed by atoms with Crippen LogP contribution in [0.2, 0.25) is 0 Å². The summed E-state index contributed by atoms with van der Waals surface area (Å²) in [7, 11) is 0. The molecule has 2 N–H and O–H groups in total. The Morgan fingerprint density at radius 3 is 2.00 bits per heavy atom. The topological polar surface area (TPSA) is 29.3 Å². The van der Waals surface area contributed by atoms with E-state index in [2.05, 4.69) is 39.5 Å². The monoisotopic (exact) mass is 214 g/mol. The summed E-state index contributed by atoms with van der Waals surface area (Å²) in [6.07, 6.45) is 2.44. The number of hydrogen-bond donors (Lipinski definition) is 1. The molecule has 3 unspecified atom stereocenters. The second-order valence-electron chi connectivity index (χ2n) is 4.92. The summed E-state index contributed by atoms with van der Waals surface area (Å²) in [6.45, 7) is 14.6. The molecule has 0 rings (SSSR count). The lowest BCUT2D eigenvalue weighted by molar-refractivity contribution is 0.212. The second-order valence-corrected chi connectivity index (χ2v) is 4.92. The minimum absolute atomic E-state index is 0.332. The Morgan fingerprint density at radius 2 is 1.60 bits per heavy atom. The highest BCUT2D eigenvalue weighted by atomic mass is 15.1. The molecule has 3 atom stereocenters. The SMILES string of the molecule is CCC(C)CN(CC)CC(N)C(C)CC. The van der Waals surface area contributed by atoms with E-state index < -0.39 is 0 Å². The third-order valence-electron chi connectivity index (χ3n) is 3.56. The van der Waals surface area contributed by atoms with Crippen LogP contribution in [0.3, 0.4) is 0 Å². The molecule has 0 bridgehead atoms. The normalized spacial score (nSPS) is 17.8. The molecule has 0 spiro atoms. The van der Waals surface area contributed by atoms with Crippen molar-refractivity contribution in [2.45, 2.75) is 53.5 Å². The van der Waals surface area contributed by atoms with Crippen LogP contribution in [0.15, 0.2) is 0 Å². The minimum Gasteiger partial charge on any atom is -0.326 e. The van der Waals surface area contributed by atoms with E-state index in [1.54, 1.807) is 0 Å². The van der Waals surface area contributed by atoms with Gasteiger partial charge in [-0.25, -0.2) is 0 Å². The average molecular weight is 214 g/mol. The van der Waals surface area contributed by atoms with Gasteiger partial charge in [-0.15, -0.1) is 0 Å². The Labute approximate surface area is 96.2 Å². The predicted molar refractivity (Wildman–Crippen MR) is 69.0 cm³/mol. The molecule has 0 radical (unpaired) electrons. The van der Waals surface area contributed by atoms with Crippen LogP contribution in [0.25, 0.3) is 0 Å². The zero-order valence-corrected chi connectivity index (χ0v) is 11.3. The molecule has 0 aromatic heterocycles. The van der Waals surface area contributed by atoms with Crippen molar-refractivity contribution in [2.75, 3.05) is 19.6 Å². The standard InChI is InChI=1S/C13H30N2/c1-6-11(4)9-15(8-3)10-13(14)12(5)7-2/h11-13H,6-10,14H2,1-5H3. The molecule has 0 aliphatic carbocycles. The van der Waals surface area contributed by atoms with Gasteiger partial charge in [-0.3, -0.25) is 0 Å². The van der Waals surface area contributed by atoms with Crippen LogP contribution in [0.5, 0.6) is 0 Å². The van der Waals surface area contributed by atoms with Gasteiger partial charge in [0.2, 0.25) is 0 Å². The quantitative estimate of drug-likeness (QED) is 0.673. The van der Waals surface area contributed by atoms with Crippen LogP contribution in [-0.4, -0.2) is 30.6 Å². The molecular weight excluding hydrogens is 184 g/mol. The highest BCUT2D eigenvalue weighted by molar-refractivity contribution is 4.73. The molecule has 0 aliphatic heterocycles. The van der Waals surface area contributed by atoms with Crippen molar-refractivity contribution in [1.82, 2.24) is 4.90 Å². The van der Waals surface area contributed by atoms with Crippen molar-refractivity contribution >= 4 is 0 Å². The second kappa shape index (κ2) is 8.12. The molecule has 2 nitrogen and oxygen atoms in total. The van der Waals surface area contributed by atoms with Crippen molar-refractivity contribution in [3.05, 3.63) is 0 Å². The zero-order valence-electron chi connectivity index (χ0n) is 11.3. The summed E-state index contributed by atoms with van der Waals surface area (Å²) in [5.41, 5.74) is 6.18. The molecule has 0 fully saturated rings. The van der Waals surface area contributed by atoms with E-state index in [-0.39, 0.29) is 0 Å². The number of nitrogens with zero attached hydrogens (tertiary/aromatic N) is 1. The summed E-state index contributed by atoms with van der Waals surface area (Å²) in [5, 5.41) is 0. The first kappa shape index (κ1) is 14.9. The van der Waals surface area contributed by atoms with Gasteiger partial charge in [0, 0.05) is 19.1 Å². The minimum atomic E-state index is 0.332. The lowest BCUT2D eigenvalue weighted by Crippen LogP contribution is -2.42. The first-order valence-corrected chi connectivity index (χ1v) is 6.52. The summed E-state index contributed by atoms with van der Waals surface area (Å²) >= 11 is 0. The van der Waals surface area contributed by atoms with E-state index in [1.807, 2.05) is 0 Å². The Morgan fingerprint density at radius 1 is 1.00 bits per heavy atom. The summed E-state index contributed by atoms with van der Waals surface area (Å²) in [5.74, 6) is 1.42. The average Bonchev–Trinajstić information content (AvgIpc) is 2.26. The molecule has 0 amide bonds. The van der Waals surface area contributed by atoms with Crippen LogP contribution < -0.4 is 5.73 Å². The Bertz CT molecular complexity index is 147. The van der Waals surface area contributed by atoms with Crippen molar-refractivity contribution in [3.8, 4) is 0 Å². The molecule has 0 aliphatic rings. The van der Waals surface area contributed by atoms with Gasteiger partial charge < -0.3 is 10.6 Å². The maximum atomic E-state index is 6.18. The maximum absolute atomic E-state index is 6.18. The van der Waals surface area contributed by atoms with Gasteiger partial charge in [0.25, 0.3) is 0 Å². The zero-order chi connectivity index (χ0) is 11.8. The van der Waals surface area contributed by atoms with E-state index in [0.29, 0.717) is 12.0 Å². The van der Waals surface area contributed by atoms with Gasteiger partial charge in [0.15, 0.2) is 0 Å². The van der Waals surface area contributed by atoms with Crippen LogP contribution in [0.1, 0.15) is 47.5 Å². The Kier molecular flexibility index (Phi) is 8.07. The van der Waals surface area contributed by atoms with Crippen LogP contribution in [-0.2, 0) is 0 Å². The molecule has 0 saturated heterocycles. The number of rotatable bonds is 8. The fourth-order valence-electron chi connectivity index (χ4n) is 1.68. The van der Waals surface area contributed by atoms with Crippen molar-refractivity contribution in [3.63, 3.8) is 0 Å². The van der Waals surface area contributed by atoms with E-state index in [1.165, 1.54) is 19.4 Å². The van der Waals surface area contributed by atoms with Gasteiger partial charge in [0.1, 0.15) is 0 Å². The molecule has 2 heteroatoms. The van der Waals surface area contributed by atoms with Crippen LogP contribution in [0.4, 0.5) is 0 Å². The lowest BCUT2D eigenvalue weighted by Gasteiger charge is -2.29. The third-order valence-corrected chi connectivity index (χ3v) is 3.56. The number of likely N-dealkylation sites (N-methyl/N-ethyl adjacent to an activating group) is 1. The van der Waals surface area contributed by atoms with E-state index >= 15 is 0 Å². The fourth-order valence-corrected chi connectivity index (χ4v) is 1.68. The van der Waals surface area contributed by atoms with Gasteiger partial charge in [0.05, 0.1) is 0 Å². The first-order valence-electron chi connectivity index (χ1n) is 6.52. The van der Waals surface area contributed by atoms with Crippen LogP contribution in [0, 0.1) is 11.8 Å². The molecule has 0 saturated carbocycles. The smallest absolute Gasteiger partial charge is 0.0193 e. The molecular formula is C13H30N2.